The van der Waals surface area contributed by atoms with Crippen LogP contribution in [0.15, 0.2) is 35.2 Å². The first-order valence-electron chi connectivity index (χ1n) is 8.50. The molecule has 1 aliphatic rings. The fourth-order valence-electron chi connectivity index (χ4n) is 3.01. The van der Waals surface area contributed by atoms with Crippen LogP contribution in [0.25, 0.3) is 0 Å². The molecule has 0 radical (unpaired) electrons. The smallest absolute Gasteiger partial charge is 0.313 e. The summed E-state index contributed by atoms with van der Waals surface area (Å²) in [6.07, 6.45) is 0.229. The molecule has 0 spiro atoms. The molecule has 29 heavy (non-hydrogen) atoms. The van der Waals surface area contributed by atoms with Gasteiger partial charge in [-0.05, 0) is 30.7 Å². The van der Waals surface area contributed by atoms with Crippen molar-refractivity contribution in [1.29, 1.82) is 0 Å². The molecule has 0 saturated heterocycles. The first kappa shape index (κ1) is 21.3. The molecule has 0 aromatic heterocycles. The number of hydrogen-bond acceptors (Lipinski definition) is 5. The number of para-hydroxylation sites is 1. The van der Waals surface area contributed by atoms with Crippen LogP contribution in [0.3, 0.4) is 0 Å². The molecule has 0 saturated carbocycles. The molecular weight excluding hydrogens is 421 g/mol. The van der Waals surface area contributed by atoms with Crippen molar-refractivity contribution in [3.8, 4) is 23.0 Å². The van der Waals surface area contributed by atoms with E-state index in [4.69, 9.17) is 14.2 Å². The van der Waals surface area contributed by atoms with Crippen LogP contribution in [0.2, 0.25) is 0 Å². The van der Waals surface area contributed by atoms with Gasteiger partial charge in [0, 0.05) is 18.2 Å². The third-order valence-corrected chi connectivity index (χ3v) is 5.50. The highest BCUT2D eigenvalue weighted by molar-refractivity contribution is 8.45. The zero-order valence-electron chi connectivity index (χ0n) is 15.6. The number of fused-ring (bicyclic) bond motifs is 1. The molecule has 0 aliphatic carbocycles. The zero-order valence-corrected chi connectivity index (χ0v) is 16.5. The Morgan fingerprint density at radius 2 is 1.69 bits per heavy atom. The monoisotopic (exact) mass is 441 g/mol. The van der Waals surface area contributed by atoms with E-state index >= 15 is 0 Å². The van der Waals surface area contributed by atoms with Gasteiger partial charge in [-0.25, -0.2) is 0 Å². The normalized spacial score (nSPS) is 15.6. The Morgan fingerprint density at radius 3 is 2.34 bits per heavy atom. The lowest BCUT2D eigenvalue weighted by Crippen LogP contribution is -2.17. The van der Waals surface area contributed by atoms with Gasteiger partial charge in [-0.1, -0.05) is 31.6 Å². The molecule has 3 rings (SSSR count). The van der Waals surface area contributed by atoms with Gasteiger partial charge in [0.1, 0.15) is 11.5 Å². The maximum atomic E-state index is 13.3. The Morgan fingerprint density at radius 1 is 0.966 bits per heavy atom. The highest BCUT2D eigenvalue weighted by Crippen LogP contribution is 3.03. The molecule has 0 fully saturated rings. The summed E-state index contributed by atoms with van der Waals surface area (Å²) in [5.41, 5.74) is 1.17. The maximum Gasteiger partial charge on any atom is 0.313 e. The summed E-state index contributed by atoms with van der Waals surface area (Å²) in [5, 5.41) is 3.13. The zero-order chi connectivity index (χ0) is 21.3. The standard InChI is InChI=1S/C18H20F5NO4S/c1-25-15-9-17(29(19,20,21,22)23)16(26-2)8-12(15)6-7-24-10-13-4-3-5-14-18(13)28-11-27-14/h3-5,8-9,24H,6-7,10-11H2,1-2H3. The van der Waals surface area contributed by atoms with Crippen LogP contribution in [-0.4, -0.2) is 27.6 Å². The van der Waals surface area contributed by atoms with E-state index in [0.29, 0.717) is 36.2 Å². The average Bonchev–Trinajstić information content (AvgIpc) is 3.12. The van der Waals surface area contributed by atoms with Gasteiger partial charge in [0.05, 0.1) is 14.2 Å². The summed E-state index contributed by atoms with van der Waals surface area (Å²) >= 11 is 0. The van der Waals surface area contributed by atoms with Crippen LogP contribution in [0.5, 0.6) is 23.0 Å². The van der Waals surface area contributed by atoms with E-state index in [9.17, 15) is 19.4 Å². The summed E-state index contributed by atoms with van der Waals surface area (Å²) in [6.45, 7) is 0.914. The summed E-state index contributed by atoms with van der Waals surface area (Å²) in [7, 11) is -7.89. The fourth-order valence-corrected chi connectivity index (χ4v) is 3.86. The molecule has 1 N–H and O–H groups in total. The van der Waals surface area contributed by atoms with Gasteiger partial charge in [0.25, 0.3) is 0 Å². The molecule has 0 amide bonds. The second-order valence-electron chi connectivity index (χ2n) is 6.36. The minimum absolute atomic E-state index is 0.141. The number of rotatable bonds is 8. The minimum Gasteiger partial charge on any atom is -0.496 e. The van der Waals surface area contributed by atoms with E-state index in [0.717, 1.165) is 25.8 Å². The minimum atomic E-state index is -9.93. The molecule has 2 aromatic rings. The van der Waals surface area contributed by atoms with E-state index in [1.165, 1.54) is 0 Å². The molecule has 11 heteroatoms. The number of ether oxygens (including phenoxy) is 4. The fraction of sp³-hybridized carbons (Fsp3) is 0.333. The number of benzene rings is 2. The van der Waals surface area contributed by atoms with Crippen LogP contribution in [0, 0.1) is 0 Å². The first-order valence-corrected chi connectivity index (χ1v) is 10.5. The summed E-state index contributed by atoms with van der Waals surface area (Å²) in [6, 6.07) is 6.68. The van der Waals surface area contributed by atoms with Crippen LogP contribution in [-0.2, 0) is 13.0 Å². The van der Waals surface area contributed by atoms with E-state index in [-0.39, 0.29) is 19.0 Å². The van der Waals surface area contributed by atoms with E-state index < -0.39 is 20.9 Å². The van der Waals surface area contributed by atoms with Gasteiger partial charge < -0.3 is 24.3 Å². The molecule has 0 atom stereocenters. The summed E-state index contributed by atoms with van der Waals surface area (Å²) in [4.78, 5) is -2.10. The number of halogens is 5. The van der Waals surface area contributed by atoms with Gasteiger partial charge in [-0.2, -0.15) is 0 Å². The van der Waals surface area contributed by atoms with Gasteiger partial charge in [-0.15, -0.1) is 0 Å². The van der Waals surface area contributed by atoms with Crippen molar-refractivity contribution in [2.45, 2.75) is 17.9 Å². The van der Waals surface area contributed by atoms with Crippen molar-refractivity contribution in [2.75, 3.05) is 27.6 Å². The van der Waals surface area contributed by atoms with Crippen molar-refractivity contribution >= 4 is 10.2 Å². The maximum absolute atomic E-state index is 13.3. The Balaban J connectivity index is 1.74. The van der Waals surface area contributed by atoms with E-state index in [1.54, 1.807) is 6.07 Å². The summed E-state index contributed by atoms with van der Waals surface area (Å²) in [5.74, 6) is 0.0568. The van der Waals surface area contributed by atoms with Gasteiger partial charge in [-0.3, -0.25) is 0 Å². The number of nitrogens with one attached hydrogen (secondary N) is 1. The Labute approximate surface area is 164 Å². The van der Waals surface area contributed by atoms with Gasteiger partial charge >= 0.3 is 10.2 Å². The van der Waals surface area contributed by atoms with Gasteiger partial charge in [0.15, 0.2) is 16.4 Å². The largest absolute Gasteiger partial charge is 0.496 e. The lowest BCUT2D eigenvalue weighted by atomic mass is 10.1. The predicted molar refractivity (Wildman–Crippen MR) is 98.9 cm³/mol. The van der Waals surface area contributed by atoms with Crippen LogP contribution >= 0.6 is 10.2 Å². The number of methoxy groups -OCH3 is 2. The third kappa shape index (κ3) is 4.78. The molecule has 0 bridgehead atoms. The second-order valence-corrected chi connectivity index (χ2v) is 8.74. The van der Waals surface area contributed by atoms with Crippen molar-refractivity contribution in [3.05, 3.63) is 41.5 Å². The lowest BCUT2D eigenvalue weighted by Gasteiger charge is -2.41. The van der Waals surface area contributed by atoms with Crippen molar-refractivity contribution in [2.24, 2.45) is 0 Å². The van der Waals surface area contributed by atoms with Gasteiger partial charge in [0.2, 0.25) is 6.79 Å². The van der Waals surface area contributed by atoms with Crippen molar-refractivity contribution in [3.63, 3.8) is 0 Å². The van der Waals surface area contributed by atoms with Crippen molar-refractivity contribution < 1.29 is 38.4 Å². The number of hydrogen-bond donors (Lipinski definition) is 1. The second kappa shape index (κ2) is 6.84. The molecule has 1 aliphatic heterocycles. The molecule has 5 nitrogen and oxygen atoms in total. The molecule has 1 heterocycles. The topological polar surface area (TPSA) is 49.0 Å². The lowest BCUT2D eigenvalue weighted by molar-refractivity contribution is 0.173. The molecule has 0 unspecified atom stereocenters. The van der Waals surface area contributed by atoms with Crippen molar-refractivity contribution in [1.82, 2.24) is 5.32 Å². The summed E-state index contributed by atoms with van der Waals surface area (Å²) < 4.78 is 86.6. The first-order chi connectivity index (χ1) is 13.4. The Kier molecular flexibility index (Phi) is 5.02. The Bertz CT molecular complexity index is 921. The highest BCUT2D eigenvalue weighted by Gasteiger charge is 2.67. The third-order valence-electron chi connectivity index (χ3n) is 4.35. The van der Waals surface area contributed by atoms with Crippen LogP contribution < -0.4 is 24.3 Å². The Hall–Kier alpha value is -2.40. The SMILES string of the molecule is COc1cc(S(F)(F)(F)(F)F)c(OC)cc1CCNCc1cccc2c1OCO2. The predicted octanol–water partition coefficient (Wildman–Crippen LogP) is 5.42. The quantitative estimate of drug-likeness (QED) is 0.438. The average molecular weight is 441 g/mol. The van der Waals surface area contributed by atoms with E-state index in [2.05, 4.69) is 10.1 Å². The van der Waals surface area contributed by atoms with E-state index in [1.807, 2.05) is 12.1 Å². The van der Waals surface area contributed by atoms with Crippen LogP contribution in [0.4, 0.5) is 19.4 Å². The molecule has 162 valence electrons. The molecule has 2 aromatic carbocycles. The van der Waals surface area contributed by atoms with Crippen LogP contribution in [0.1, 0.15) is 11.1 Å². The molecular formula is C18H20F5NO4S. The highest BCUT2D eigenvalue weighted by atomic mass is 32.5.